The van der Waals surface area contributed by atoms with Gasteiger partial charge in [-0.15, -0.1) is 0 Å². The van der Waals surface area contributed by atoms with Crippen molar-refractivity contribution in [1.29, 1.82) is 0 Å². The molecular formula is C16H15ClN4O2S. The molecule has 0 atom stereocenters. The number of benzene rings is 1. The normalized spacial score (nSPS) is 10.6. The van der Waals surface area contributed by atoms with Gasteiger partial charge in [0.1, 0.15) is 5.03 Å². The summed E-state index contributed by atoms with van der Waals surface area (Å²) < 4.78 is 10.2. The van der Waals surface area contributed by atoms with Gasteiger partial charge in [0, 0.05) is 28.1 Å². The molecule has 2 aromatic heterocycles. The molecule has 1 N–H and O–H groups in total. The van der Waals surface area contributed by atoms with Crippen LogP contribution in [0.1, 0.15) is 5.56 Å². The maximum absolute atomic E-state index is 6.37. The highest BCUT2D eigenvalue weighted by Crippen LogP contribution is 2.31. The van der Waals surface area contributed by atoms with Gasteiger partial charge in [0.25, 0.3) is 11.8 Å². The first-order chi connectivity index (χ1) is 11.7. The van der Waals surface area contributed by atoms with E-state index in [1.165, 1.54) is 14.2 Å². The Morgan fingerprint density at radius 1 is 1.17 bits per heavy atom. The summed E-state index contributed by atoms with van der Waals surface area (Å²) in [5.74, 6) is 1.46. The van der Waals surface area contributed by atoms with Gasteiger partial charge in [0.15, 0.2) is 0 Å². The monoisotopic (exact) mass is 362 g/mol. The number of aromatic amines is 1. The minimum absolute atomic E-state index is 0.370. The molecule has 0 unspecified atom stereocenters. The lowest BCUT2D eigenvalue weighted by atomic mass is 10.1. The summed E-state index contributed by atoms with van der Waals surface area (Å²) in [4.78, 5) is 8.54. The standard InChI is InChI=1S/C16H15ClN4O2S/c1-22-15-16(23-2)21-14(8-18-15)24-9-10-3-4-12(13(17)5-10)11-6-19-20-7-11/h3-8H,9H2,1-2H3,(H,19,20). The highest BCUT2D eigenvalue weighted by atomic mass is 35.5. The molecule has 3 aromatic rings. The molecule has 0 saturated heterocycles. The maximum atomic E-state index is 6.37. The minimum atomic E-state index is 0.370. The molecule has 0 aliphatic carbocycles. The Balaban J connectivity index is 1.72. The molecular weight excluding hydrogens is 348 g/mol. The summed E-state index contributed by atoms with van der Waals surface area (Å²) in [7, 11) is 3.07. The zero-order valence-corrected chi connectivity index (χ0v) is 14.7. The van der Waals surface area contributed by atoms with Crippen molar-refractivity contribution in [2.24, 2.45) is 0 Å². The lowest BCUT2D eigenvalue weighted by Crippen LogP contribution is -1.97. The Morgan fingerprint density at radius 3 is 2.67 bits per heavy atom. The highest BCUT2D eigenvalue weighted by Gasteiger charge is 2.10. The predicted octanol–water partition coefficient (Wildman–Crippen LogP) is 3.83. The molecule has 1 aromatic carbocycles. The Kier molecular flexibility index (Phi) is 5.22. The highest BCUT2D eigenvalue weighted by molar-refractivity contribution is 7.98. The van der Waals surface area contributed by atoms with Crippen LogP contribution >= 0.6 is 23.4 Å². The molecule has 0 aliphatic rings. The average Bonchev–Trinajstić information content (AvgIpc) is 3.14. The van der Waals surface area contributed by atoms with Crippen molar-refractivity contribution in [1.82, 2.24) is 20.2 Å². The van der Waals surface area contributed by atoms with Crippen LogP contribution in [0.4, 0.5) is 0 Å². The number of ether oxygens (including phenoxy) is 2. The van der Waals surface area contributed by atoms with Crippen molar-refractivity contribution in [3.8, 4) is 22.9 Å². The Labute approximate surface area is 148 Å². The number of thioether (sulfide) groups is 1. The van der Waals surface area contributed by atoms with Crippen LogP contribution in [0.3, 0.4) is 0 Å². The van der Waals surface area contributed by atoms with E-state index in [9.17, 15) is 0 Å². The average molecular weight is 363 g/mol. The van der Waals surface area contributed by atoms with Crippen molar-refractivity contribution in [2.45, 2.75) is 10.8 Å². The predicted molar refractivity (Wildman–Crippen MR) is 93.7 cm³/mol. The van der Waals surface area contributed by atoms with Gasteiger partial charge < -0.3 is 9.47 Å². The zero-order valence-electron chi connectivity index (χ0n) is 13.1. The molecule has 124 valence electrons. The van der Waals surface area contributed by atoms with Crippen LogP contribution in [-0.2, 0) is 5.75 Å². The van der Waals surface area contributed by atoms with Crippen LogP contribution in [-0.4, -0.2) is 34.4 Å². The molecule has 0 aliphatic heterocycles. The SMILES string of the molecule is COc1ncc(SCc2ccc(-c3cn[nH]c3)c(Cl)c2)nc1OC. The van der Waals surface area contributed by atoms with E-state index in [0.717, 1.165) is 27.5 Å². The molecule has 0 bridgehead atoms. The topological polar surface area (TPSA) is 72.9 Å². The number of hydrogen-bond donors (Lipinski definition) is 1. The van der Waals surface area contributed by atoms with Gasteiger partial charge in [0.05, 0.1) is 26.6 Å². The van der Waals surface area contributed by atoms with E-state index in [2.05, 4.69) is 20.2 Å². The molecule has 0 fully saturated rings. The quantitative estimate of drug-likeness (QED) is 0.672. The van der Waals surface area contributed by atoms with Crippen LogP contribution in [0.2, 0.25) is 5.02 Å². The number of halogens is 1. The van der Waals surface area contributed by atoms with E-state index < -0.39 is 0 Å². The summed E-state index contributed by atoms with van der Waals surface area (Å²) in [5, 5.41) is 8.17. The van der Waals surface area contributed by atoms with Crippen molar-refractivity contribution in [3.63, 3.8) is 0 Å². The van der Waals surface area contributed by atoms with E-state index in [1.54, 1.807) is 24.2 Å². The largest absolute Gasteiger partial charge is 0.477 e. The van der Waals surface area contributed by atoms with Gasteiger partial charge in [-0.2, -0.15) is 5.10 Å². The minimum Gasteiger partial charge on any atom is -0.477 e. The summed E-state index contributed by atoms with van der Waals surface area (Å²) in [5.41, 5.74) is 3.00. The van der Waals surface area contributed by atoms with Crippen LogP contribution in [0.25, 0.3) is 11.1 Å². The van der Waals surface area contributed by atoms with E-state index >= 15 is 0 Å². The second kappa shape index (κ2) is 7.55. The Morgan fingerprint density at radius 2 is 2.00 bits per heavy atom. The number of hydrogen-bond acceptors (Lipinski definition) is 6. The Hall–Kier alpha value is -2.25. The van der Waals surface area contributed by atoms with Gasteiger partial charge in [0.2, 0.25) is 0 Å². The molecule has 0 saturated carbocycles. The second-order valence-corrected chi connectivity index (χ2v) is 6.22. The van der Waals surface area contributed by atoms with Crippen LogP contribution < -0.4 is 9.47 Å². The van der Waals surface area contributed by atoms with Gasteiger partial charge in [-0.3, -0.25) is 5.10 Å². The Bertz CT molecular complexity index is 827. The molecule has 0 radical (unpaired) electrons. The molecule has 6 nitrogen and oxygen atoms in total. The fraction of sp³-hybridized carbons (Fsp3) is 0.188. The summed E-state index contributed by atoms with van der Waals surface area (Å²) in [6, 6.07) is 5.98. The molecule has 8 heteroatoms. The van der Waals surface area contributed by atoms with E-state index in [4.69, 9.17) is 21.1 Å². The first-order valence-corrected chi connectivity index (χ1v) is 8.43. The van der Waals surface area contributed by atoms with E-state index in [0.29, 0.717) is 16.8 Å². The van der Waals surface area contributed by atoms with E-state index in [-0.39, 0.29) is 0 Å². The smallest absolute Gasteiger partial charge is 0.278 e. The first kappa shape index (κ1) is 16.6. The van der Waals surface area contributed by atoms with Crippen molar-refractivity contribution in [2.75, 3.05) is 14.2 Å². The number of H-pyrrole nitrogens is 1. The third-order valence-electron chi connectivity index (χ3n) is 3.30. The number of nitrogens with one attached hydrogen (secondary N) is 1. The third kappa shape index (κ3) is 3.63. The van der Waals surface area contributed by atoms with Gasteiger partial charge >= 0.3 is 0 Å². The maximum Gasteiger partial charge on any atom is 0.278 e. The molecule has 3 rings (SSSR count). The summed E-state index contributed by atoms with van der Waals surface area (Å²) in [6.07, 6.45) is 5.22. The summed E-state index contributed by atoms with van der Waals surface area (Å²) in [6.45, 7) is 0. The molecule has 2 heterocycles. The van der Waals surface area contributed by atoms with Gasteiger partial charge in [-0.25, -0.2) is 9.97 Å². The van der Waals surface area contributed by atoms with Crippen molar-refractivity contribution >= 4 is 23.4 Å². The van der Waals surface area contributed by atoms with Gasteiger partial charge in [-0.1, -0.05) is 35.5 Å². The first-order valence-electron chi connectivity index (χ1n) is 7.06. The fourth-order valence-electron chi connectivity index (χ4n) is 2.13. The second-order valence-electron chi connectivity index (χ2n) is 4.82. The lowest BCUT2D eigenvalue weighted by molar-refractivity contribution is 0.328. The number of nitrogens with zero attached hydrogens (tertiary/aromatic N) is 3. The van der Waals surface area contributed by atoms with E-state index in [1.807, 2.05) is 24.4 Å². The van der Waals surface area contributed by atoms with Crippen LogP contribution in [0.5, 0.6) is 11.8 Å². The lowest BCUT2D eigenvalue weighted by Gasteiger charge is -2.08. The van der Waals surface area contributed by atoms with Crippen molar-refractivity contribution in [3.05, 3.63) is 47.4 Å². The van der Waals surface area contributed by atoms with Crippen molar-refractivity contribution < 1.29 is 9.47 Å². The number of methoxy groups -OCH3 is 2. The van der Waals surface area contributed by atoms with Crippen LogP contribution in [0, 0.1) is 0 Å². The summed E-state index contributed by atoms with van der Waals surface area (Å²) >= 11 is 7.92. The van der Waals surface area contributed by atoms with Gasteiger partial charge in [-0.05, 0) is 11.6 Å². The van der Waals surface area contributed by atoms with Crippen LogP contribution in [0.15, 0.2) is 41.8 Å². The zero-order chi connectivity index (χ0) is 16.9. The molecule has 24 heavy (non-hydrogen) atoms. The number of rotatable bonds is 6. The number of aromatic nitrogens is 4. The molecule has 0 amide bonds. The fourth-order valence-corrected chi connectivity index (χ4v) is 3.21. The third-order valence-corrected chi connectivity index (χ3v) is 4.59. The molecule has 0 spiro atoms.